The minimum absolute atomic E-state index is 0.0960. The largest absolute Gasteiger partial charge is 0.228 e. The lowest BCUT2D eigenvalue weighted by atomic mass is 9.79. The smallest absolute Gasteiger partial charge is 0.160 e. The first kappa shape index (κ1) is 23.4. The molecule has 2 heteroatoms. The Morgan fingerprint density at radius 3 is 1.59 bits per heavy atom. The first-order valence-corrected chi connectivity index (χ1v) is 13.0. The highest BCUT2D eigenvalue weighted by Gasteiger charge is 2.36. The Bertz CT molecular complexity index is 1550. The Morgan fingerprint density at radius 1 is 0.541 bits per heavy atom. The molecule has 37 heavy (non-hydrogen) atoms. The number of fused-ring (bicyclic) bond motifs is 3. The van der Waals surface area contributed by atoms with E-state index in [4.69, 9.17) is 9.97 Å². The molecular weight excluding hydrogens is 448 g/mol. The summed E-state index contributed by atoms with van der Waals surface area (Å²) in [7, 11) is 0. The SMILES string of the molecule is CC(C)(C)c1ccc2c(c1)C(C)(C)c1cc(-c3nc(-c4ccccc4)cc(-c4ccccc4)n3)ccc1-2. The Hall–Kier alpha value is -4.04. The first-order valence-electron chi connectivity index (χ1n) is 13.0. The minimum atomic E-state index is -0.0960. The second kappa shape index (κ2) is 8.52. The number of hydrogen-bond acceptors (Lipinski definition) is 2. The lowest BCUT2D eigenvalue weighted by Gasteiger charge is -2.25. The molecule has 0 atom stereocenters. The van der Waals surface area contributed by atoms with Crippen molar-refractivity contribution in [1.29, 1.82) is 0 Å². The molecule has 0 spiro atoms. The molecule has 0 unspecified atom stereocenters. The zero-order chi connectivity index (χ0) is 25.8. The first-order chi connectivity index (χ1) is 17.7. The molecule has 182 valence electrons. The quantitative estimate of drug-likeness (QED) is 0.257. The van der Waals surface area contributed by atoms with Crippen LogP contribution in [0.4, 0.5) is 0 Å². The maximum absolute atomic E-state index is 5.06. The minimum Gasteiger partial charge on any atom is -0.228 e. The van der Waals surface area contributed by atoms with E-state index >= 15 is 0 Å². The van der Waals surface area contributed by atoms with Gasteiger partial charge in [-0.2, -0.15) is 0 Å². The highest BCUT2D eigenvalue weighted by Crippen LogP contribution is 2.50. The van der Waals surface area contributed by atoms with Crippen LogP contribution in [0.5, 0.6) is 0 Å². The van der Waals surface area contributed by atoms with Gasteiger partial charge in [0.1, 0.15) is 0 Å². The normalized spacial score (nSPS) is 13.8. The van der Waals surface area contributed by atoms with E-state index < -0.39 is 0 Å². The lowest BCUT2D eigenvalue weighted by molar-refractivity contribution is 0.584. The molecule has 0 radical (unpaired) electrons. The highest BCUT2D eigenvalue weighted by atomic mass is 14.9. The van der Waals surface area contributed by atoms with E-state index in [0.717, 1.165) is 33.9 Å². The van der Waals surface area contributed by atoms with Crippen LogP contribution >= 0.6 is 0 Å². The van der Waals surface area contributed by atoms with Crippen LogP contribution in [0.1, 0.15) is 51.3 Å². The fraction of sp³-hybridized carbons (Fsp3) is 0.200. The van der Waals surface area contributed by atoms with Crippen molar-refractivity contribution in [1.82, 2.24) is 9.97 Å². The van der Waals surface area contributed by atoms with Crippen molar-refractivity contribution in [2.45, 2.75) is 45.4 Å². The molecule has 2 nitrogen and oxygen atoms in total. The van der Waals surface area contributed by atoms with Gasteiger partial charge in [0.05, 0.1) is 11.4 Å². The molecule has 0 bridgehead atoms. The van der Waals surface area contributed by atoms with Gasteiger partial charge in [0.25, 0.3) is 0 Å². The van der Waals surface area contributed by atoms with E-state index in [2.05, 4.69) is 126 Å². The second-order valence-electron chi connectivity index (χ2n) is 11.6. The van der Waals surface area contributed by atoms with Crippen molar-refractivity contribution in [3.05, 3.63) is 120 Å². The number of nitrogens with zero attached hydrogens (tertiary/aromatic N) is 2. The molecule has 0 amide bonds. The van der Waals surface area contributed by atoms with Crippen molar-refractivity contribution in [2.24, 2.45) is 0 Å². The molecule has 0 aliphatic heterocycles. The molecule has 0 fully saturated rings. The van der Waals surface area contributed by atoms with Crippen LogP contribution < -0.4 is 0 Å². The second-order valence-corrected chi connectivity index (χ2v) is 11.6. The van der Waals surface area contributed by atoms with E-state index in [9.17, 15) is 0 Å². The predicted molar refractivity (Wildman–Crippen MR) is 155 cm³/mol. The fourth-order valence-electron chi connectivity index (χ4n) is 5.43. The van der Waals surface area contributed by atoms with Gasteiger partial charge in [0.15, 0.2) is 5.82 Å². The fourth-order valence-corrected chi connectivity index (χ4v) is 5.43. The molecule has 1 aliphatic rings. The average molecular weight is 481 g/mol. The van der Waals surface area contributed by atoms with E-state index in [1.54, 1.807) is 0 Å². The monoisotopic (exact) mass is 480 g/mol. The molecule has 4 aromatic carbocycles. The van der Waals surface area contributed by atoms with Gasteiger partial charge in [-0.05, 0) is 45.4 Å². The van der Waals surface area contributed by atoms with Crippen LogP contribution in [0.15, 0.2) is 103 Å². The maximum atomic E-state index is 5.06. The summed E-state index contributed by atoms with van der Waals surface area (Å²) in [5, 5.41) is 0. The van der Waals surface area contributed by atoms with Crippen molar-refractivity contribution < 1.29 is 0 Å². The van der Waals surface area contributed by atoms with E-state index in [1.165, 1.54) is 27.8 Å². The number of rotatable bonds is 3. The molecule has 6 rings (SSSR count). The van der Waals surface area contributed by atoms with Gasteiger partial charge in [0, 0.05) is 22.1 Å². The van der Waals surface area contributed by atoms with Gasteiger partial charge in [-0.3, -0.25) is 0 Å². The molecule has 0 N–H and O–H groups in total. The maximum Gasteiger partial charge on any atom is 0.160 e. The Kier molecular flexibility index (Phi) is 5.38. The summed E-state index contributed by atoms with van der Waals surface area (Å²) in [5.74, 6) is 0.755. The summed E-state index contributed by atoms with van der Waals surface area (Å²) >= 11 is 0. The molecule has 1 aromatic heterocycles. The Labute approximate surface area is 220 Å². The van der Waals surface area contributed by atoms with Crippen molar-refractivity contribution in [3.63, 3.8) is 0 Å². The third-order valence-corrected chi connectivity index (χ3v) is 7.67. The number of aromatic nitrogens is 2. The van der Waals surface area contributed by atoms with Crippen molar-refractivity contribution in [3.8, 4) is 45.0 Å². The standard InChI is InChI=1S/C35H32N2/c1-34(2,3)26-17-19-28-27-18-16-25(20-29(27)35(4,5)30(28)21-26)33-36-31(23-12-8-6-9-13-23)22-32(37-33)24-14-10-7-11-15-24/h6-22H,1-5H3. The third kappa shape index (κ3) is 4.07. The Morgan fingerprint density at radius 2 is 1.05 bits per heavy atom. The van der Waals surface area contributed by atoms with Crippen LogP contribution in [0.3, 0.4) is 0 Å². The van der Waals surface area contributed by atoms with Gasteiger partial charge < -0.3 is 0 Å². The zero-order valence-electron chi connectivity index (χ0n) is 22.2. The molecule has 0 saturated heterocycles. The summed E-state index contributed by atoms with van der Waals surface area (Å²) in [5.41, 5.74) is 11.9. The van der Waals surface area contributed by atoms with Gasteiger partial charge in [-0.1, -0.05) is 126 Å². The van der Waals surface area contributed by atoms with Crippen molar-refractivity contribution in [2.75, 3.05) is 0 Å². The zero-order valence-corrected chi connectivity index (χ0v) is 22.2. The number of hydrogen-bond donors (Lipinski definition) is 0. The third-order valence-electron chi connectivity index (χ3n) is 7.67. The molecular formula is C35H32N2. The van der Waals surface area contributed by atoms with Crippen LogP contribution in [0, 0.1) is 0 Å². The van der Waals surface area contributed by atoms with Crippen LogP contribution in [-0.2, 0) is 10.8 Å². The van der Waals surface area contributed by atoms with E-state index in [1.807, 2.05) is 12.1 Å². The van der Waals surface area contributed by atoms with Gasteiger partial charge >= 0.3 is 0 Å². The summed E-state index contributed by atoms with van der Waals surface area (Å²) in [6.45, 7) is 11.5. The summed E-state index contributed by atoms with van der Waals surface area (Å²) < 4.78 is 0. The van der Waals surface area contributed by atoms with Gasteiger partial charge in [-0.25, -0.2) is 9.97 Å². The van der Waals surface area contributed by atoms with Crippen LogP contribution in [-0.4, -0.2) is 9.97 Å². The molecule has 5 aromatic rings. The van der Waals surface area contributed by atoms with E-state index in [-0.39, 0.29) is 10.8 Å². The molecule has 1 aliphatic carbocycles. The van der Waals surface area contributed by atoms with Crippen LogP contribution in [0.2, 0.25) is 0 Å². The predicted octanol–water partition coefficient (Wildman–Crippen LogP) is 9.08. The highest BCUT2D eigenvalue weighted by molar-refractivity contribution is 5.83. The van der Waals surface area contributed by atoms with Gasteiger partial charge in [-0.15, -0.1) is 0 Å². The summed E-state index contributed by atoms with van der Waals surface area (Å²) in [4.78, 5) is 10.1. The summed E-state index contributed by atoms with van der Waals surface area (Å²) in [6.07, 6.45) is 0. The molecule has 0 saturated carbocycles. The van der Waals surface area contributed by atoms with Crippen molar-refractivity contribution >= 4 is 0 Å². The number of benzene rings is 4. The average Bonchev–Trinajstić information content (AvgIpc) is 3.14. The molecule has 1 heterocycles. The lowest BCUT2D eigenvalue weighted by Crippen LogP contribution is -2.17. The Balaban J connectivity index is 1.50. The van der Waals surface area contributed by atoms with E-state index in [0.29, 0.717) is 0 Å². The van der Waals surface area contributed by atoms with Crippen LogP contribution in [0.25, 0.3) is 45.0 Å². The van der Waals surface area contributed by atoms with Gasteiger partial charge in [0.2, 0.25) is 0 Å². The summed E-state index contributed by atoms with van der Waals surface area (Å²) in [6, 6.07) is 36.6. The topological polar surface area (TPSA) is 25.8 Å².